The second-order valence-corrected chi connectivity index (χ2v) is 7.52. The molecule has 0 aromatic heterocycles. The van der Waals surface area contributed by atoms with Crippen LogP contribution in [0, 0.1) is 5.92 Å². The van der Waals surface area contributed by atoms with Crippen LogP contribution in [0.5, 0.6) is 0 Å². The maximum atomic E-state index is 13.4. The number of nitrogens with one attached hydrogen (secondary N) is 2. The minimum absolute atomic E-state index is 0. The molecular weight excluding hydrogens is 383 g/mol. The molecule has 2 N–H and O–H groups in total. The van der Waals surface area contributed by atoms with Crippen molar-refractivity contribution in [2.75, 3.05) is 32.7 Å². The summed E-state index contributed by atoms with van der Waals surface area (Å²) >= 11 is 0. The molecule has 27 heavy (non-hydrogen) atoms. The van der Waals surface area contributed by atoms with Crippen LogP contribution in [0.3, 0.4) is 0 Å². The summed E-state index contributed by atoms with van der Waals surface area (Å²) in [5, 5.41) is 5.54. The number of carbonyl (C=O) groups excluding carboxylic acids is 1. The van der Waals surface area contributed by atoms with Gasteiger partial charge < -0.3 is 15.4 Å². The summed E-state index contributed by atoms with van der Waals surface area (Å²) in [4.78, 5) is 13.8. The van der Waals surface area contributed by atoms with Gasteiger partial charge in [-0.3, -0.25) is 9.69 Å². The lowest BCUT2D eigenvalue weighted by Gasteiger charge is -2.36. The fourth-order valence-electron chi connectivity index (χ4n) is 3.83. The molecule has 1 aliphatic heterocycles. The van der Waals surface area contributed by atoms with Crippen molar-refractivity contribution in [3.8, 4) is 0 Å². The summed E-state index contributed by atoms with van der Waals surface area (Å²) in [7, 11) is 0. The number of ether oxygens (including phenoxy) is 1. The van der Waals surface area contributed by atoms with E-state index in [9.17, 15) is 18.0 Å². The summed E-state index contributed by atoms with van der Waals surface area (Å²) in [6, 6.07) is -1.65. The van der Waals surface area contributed by atoms with Crippen LogP contribution in [0.4, 0.5) is 13.2 Å². The average molecular weight is 416 g/mol. The van der Waals surface area contributed by atoms with Gasteiger partial charge >= 0.3 is 6.18 Å². The number of nitrogens with zero attached hydrogens (tertiary/aromatic N) is 1. The SMILES string of the molecule is CCC(OC1CCCC(C)C1)C(=O)NCC(N1CCNCC1)C(F)(F)F.Cl. The van der Waals surface area contributed by atoms with Gasteiger partial charge in [0.2, 0.25) is 5.91 Å². The second kappa shape index (κ2) is 11.4. The van der Waals surface area contributed by atoms with Crippen molar-refractivity contribution in [3.05, 3.63) is 0 Å². The van der Waals surface area contributed by atoms with E-state index in [0.29, 0.717) is 38.5 Å². The minimum Gasteiger partial charge on any atom is -0.365 e. The topological polar surface area (TPSA) is 53.6 Å². The largest absolute Gasteiger partial charge is 0.405 e. The number of alkyl halides is 3. The highest BCUT2D eigenvalue weighted by molar-refractivity contribution is 5.85. The normalized spacial score (nSPS) is 26.7. The lowest BCUT2D eigenvalue weighted by molar-refractivity contribution is -0.184. The molecule has 1 aliphatic carbocycles. The first-order valence-electron chi connectivity index (χ1n) is 9.76. The highest BCUT2D eigenvalue weighted by Crippen LogP contribution is 2.27. The molecule has 4 atom stereocenters. The summed E-state index contributed by atoms with van der Waals surface area (Å²) in [5.41, 5.74) is 0. The summed E-state index contributed by atoms with van der Waals surface area (Å²) in [6.45, 7) is 5.28. The van der Waals surface area contributed by atoms with Crippen molar-refractivity contribution in [1.29, 1.82) is 0 Å². The van der Waals surface area contributed by atoms with Gasteiger partial charge in [-0.05, 0) is 25.2 Å². The first-order valence-corrected chi connectivity index (χ1v) is 9.76. The average Bonchev–Trinajstić information content (AvgIpc) is 2.59. The molecule has 0 aromatic carbocycles. The fraction of sp³-hybridized carbons (Fsp3) is 0.944. The van der Waals surface area contributed by atoms with E-state index in [0.717, 1.165) is 19.3 Å². The minimum atomic E-state index is -4.37. The molecule has 0 spiro atoms. The monoisotopic (exact) mass is 415 g/mol. The second-order valence-electron chi connectivity index (χ2n) is 7.52. The van der Waals surface area contributed by atoms with Gasteiger partial charge in [0.25, 0.3) is 0 Å². The van der Waals surface area contributed by atoms with Crippen LogP contribution in [0.25, 0.3) is 0 Å². The Balaban J connectivity index is 0.00000364. The van der Waals surface area contributed by atoms with E-state index < -0.39 is 30.8 Å². The van der Waals surface area contributed by atoms with Crippen molar-refractivity contribution < 1.29 is 22.7 Å². The van der Waals surface area contributed by atoms with Gasteiger partial charge in [-0.2, -0.15) is 13.2 Å². The molecule has 5 nitrogen and oxygen atoms in total. The molecule has 9 heteroatoms. The summed E-state index contributed by atoms with van der Waals surface area (Å²) < 4.78 is 46.1. The molecule has 1 saturated carbocycles. The van der Waals surface area contributed by atoms with E-state index in [1.807, 2.05) is 6.92 Å². The van der Waals surface area contributed by atoms with E-state index in [4.69, 9.17) is 4.74 Å². The van der Waals surface area contributed by atoms with Gasteiger partial charge in [0.1, 0.15) is 12.1 Å². The quantitative estimate of drug-likeness (QED) is 0.671. The zero-order chi connectivity index (χ0) is 19.2. The van der Waals surface area contributed by atoms with Gasteiger partial charge in [-0.15, -0.1) is 12.4 Å². The van der Waals surface area contributed by atoms with Gasteiger partial charge in [0, 0.05) is 32.7 Å². The van der Waals surface area contributed by atoms with Crippen molar-refractivity contribution >= 4 is 18.3 Å². The van der Waals surface area contributed by atoms with E-state index >= 15 is 0 Å². The van der Waals surface area contributed by atoms with Crippen molar-refractivity contribution in [2.45, 2.75) is 70.4 Å². The molecule has 1 amide bonds. The van der Waals surface area contributed by atoms with Crippen LogP contribution in [0.2, 0.25) is 0 Å². The zero-order valence-corrected chi connectivity index (χ0v) is 17.0. The van der Waals surface area contributed by atoms with E-state index in [1.165, 1.54) is 11.3 Å². The predicted molar refractivity (Wildman–Crippen MR) is 101 cm³/mol. The molecule has 160 valence electrons. The molecule has 2 fully saturated rings. The molecule has 2 aliphatic rings. The third kappa shape index (κ3) is 7.75. The van der Waals surface area contributed by atoms with Crippen molar-refractivity contribution in [1.82, 2.24) is 15.5 Å². The van der Waals surface area contributed by atoms with Crippen molar-refractivity contribution in [2.24, 2.45) is 5.92 Å². The molecule has 2 rings (SSSR count). The van der Waals surface area contributed by atoms with Gasteiger partial charge in [0.05, 0.1) is 6.10 Å². The molecule has 4 unspecified atom stereocenters. The van der Waals surface area contributed by atoms with E-state index in [1.54, 1.807) is 0 Å². The van der Waals surface area contributed by atoms with Crippen LogP contribution in [-0.2, 0) is 9.53 Å². The number of carbonyl (C=O) groups is 1. The Morgan fingerprint density at radius 2 is 1.96 bits per heavy atom. The van der Waals surface area contributed by atoms with Crippen LogP contribution >= 0.6 is 12.4 Å². The van der Waals surface area contributed by atoms with Crippen molar-refractivity contribution in [3.63, 3.8) is 0 Å². The molecule has 1 heterocycles. The third-order valence-electron chi connectivity index (χ3n) is 5.35. The Kier molecular flexibility index (Phi) is 10.4. The number of halogens is 4. The number of piperazine rings is 1. The number of hydrogen-bond acceptors (Lipinski definition) is 4. The Morgan fingerprint density at radius 1 is 1.30 bits per heavy atom. The molecular formula is C18H33ClF3N3O2. The predicted octanol–water partition coefficient (Wildman–Crippen LogP) is 2.73. The van der Waals surface area contributed by atoms with Crippen LogP contribution < -0.4 is 10.6 Å². The first kappa shape index (κ1) is 24.5. The van der Waals surface area contributed by atoms with Crippen LogP contribution in [0.1, 0.15) is 46.0 Å². The lowest BCUT2D eigenvalue weighted by atomic mass is 9.88. The van der Waals surface area contributed by atoms with E-state index in [2.05, 4.69) is 17.6 Å². The maximum absolute atomic E-state index is 13.4. The highest BCUT2D eigenvalue weighted by Gasteiger charge is 2.44. The van der Waals surface area contributed by atoms with Gasteiger partial charge in [-0.25, -0.2) is 0 Å². The van der Waals surface area contributed by atoms with E-state index in [-0.39, 0.29) is 18.5 Å². The summed E-state index contributed by atoms with van der Waals surface area (Å²) in [6.07, 6.45) is -0.490. The van der Waals surface area contributed by atoms with Crippen LogP contribution in [0.15, 0.2) is 0 Å². The molecule has 1 saturated heterocycles. The maximum Gasteiger partial charge on any atom is 0.405 e. The Hall–Kier alpha value is -0.570. The molecule has 0 radical (unpaired) electrons. The third-order valence-corrected chi connectivity index (χ3v) is 5.35. The Morgan fingerprint density at radius 3 is 2.52 bits per heavy atom. The van der Waals surface area contributed by atoms with Gasteiger partial charge in [0.15, 0.2) is 0 Å². The smallest absolute Gasteiger partial charge is 0.365 e. The van der Waals surface area contributed by atoms with Gasteiger partial charge in [-0.1, -0.05) is 26.7 Å². The first-order chi connectivity index (χ1) is 12.3. The number of hydrogen-bond donors (Lipinski definition) is 2. The lowest BCUT2D eigenvalue weighted by Crippen LogP contribution is -2.58. The Bertz CT molecular complexity index is 448. The molecule has 0 aromatic rings. The number of rotatable bonds is 7. The summed E-state index contributed by atoms with van der Waals surface area (Å²) in [5.74, 6) is 0.131. The highest BCUT2D eigenvalue weighted by atomic mass is 35.5. The Labute approximate surface area is 166 Å². The molecule has 0 bridgehead atoms. The number of amides is 1. The fourth-order valence-corrected chi connectivity index (χ4v) is 3.83. The zero-order valence-electron chi connectivity index (χ0n) is 16.2. The standard InChI is InChI=1S/C18H32F3N3O2.ClH/c1-3-15(26-14-6-4-5-13(2)11-14)17(25)23-12-16(18(19,20)21)24-9-7-22-8-10-24;/h13-16,22H,3-12H2,1-2H3,(H,23,25);1H. The van der Waals surface area contributed by atoms with Crippen LogP contribution in [-0.4, -0.2) is 68.0 Å².